The van der Waals surface area contributed by atoms with Crippen molar-refractivity contribution < 1.29 is 9.47 Å². The summed E-state index contributed by atoms with van der Waals surface area (Å²) < 4.78 is 12.6. The van der Waals surface area contributed by atoms with Gasteiger partial charge in [-0.3, -0.25) is 0 Å². The molecule has 1 aliphatic heterocycles. The minimum Gasteiger partial charge on any atom is -0.353 e. The highest BCUT2D eigenvalue weighted by Gasteiger charge is 2.17. The summed E-state index contributed by atoms with van der Waals surface area (Å²) in [4.78, 5) is 0. The molecular formula is C12H23BrO2Si. The Morgan fingerprint density at radius 3 is 2.75 bits per heavy atom. The van der Waals surface area contributed by atoms with Crippen molar-refractivity contribution in [2.45, 2.75) is 51.6 Å². The fourth-order valence-corrected chi connectivity index (χ4v) is 2.52. The van der Waals surface area contributed by atoms with Gasteiger partial charge in [0.25, 0.3) is 0 Å². The van der Waals surface area contributed by atoms with Gasteiger partial charge in [0.05, 0.1) is 14.7 Å². The van der Waals surface area contributed by atoms with Crippen molar-refractivity contribution in [2.24, 2.45) is 0 Å². The Morgan fingerprint density at radius 2 is 2.19 bits per heavy atom. The van der Waals surface area contributed by atoms with Crippen molar-refractivity contribution in [3.05, 3.63) is 10.2 Å². The van der Waals surface area contributed by atoms with E-state index in [1.807, 2.05) is 0 Å². The van der Waals surface area contributed by atoms with Gasteiger partial charge in [0.1, 0.15) is 0 Å². The third-order valence-corrected chi connectivity index (χ3v) is 8.13. The maximum atomic E-state index is 5.67. The van der Waals surface area contributed by atoms with Crippen molar-refractivity contribution >= 4 is 24.0 Å². The van der Waals surface area contributed by atoms with Gasteiger partial charge >= 0.3 is 0 Å². The van der Waals surface area contributed by atoms with E-state index in [0.717, 1.165) is 26.1 Å². The summed E-state index contributed by atoms with van der Waals surface area (Å²) in [5.41, 5.74) is 0. The van der Waals surface area contributed by atoms with Crippen LogP contribution in [-0.4, -0.2) is 27.6 Å². The molecule has 1 saturated heterocycles. The summed E-state index contributed by atoms with van der Waals surface area (Å²) in [6.07, 6.45) is 6.76. The second kappa shape index (κ2) is 6.94. The van der Waals surface area contributed by atoms with E-state index < -0.39 is 8.07 Å². The fourth-order valence-electron chi connectivity index (χ4n) is 1.53. The topological polar surface area (TPSA) is 18.5 Å². The van der Waals surface area contributed by atoms with Gasteiger partial charge in [-0.25, -0.2) is 0 Å². The number of rotatable bonds is 5. The first kappa shape index (κ1) is 14.4. The van der Waals surface area contributed by atoms with Crippen LogP contribution in [0.1, 0.15) is 25.7 Å². The standard InChI is InChI=1S/C12H23BrO2Si/c1-16(2,3)11(13)7-6-10-15-12-8-4-5-9-14-12/h7,12H,4-6,8-10H2,1-3H3/b11-7+. The summed E-state index contributed by atoms with van der Waals surface area (Å²) in [6.45, 7) is 8.62. The van der Waals surface area contributed by atoms with Gasteiger partial charge < -0.3 is 9.47 Å². The number of hydrogen-bond donors (Lipinski definition) is 0. The van der Waals surface area contributed by atoms with Crippen LogP contribution >= 0.6 is 15.9 Å². The van der Waals surface area contributed by atoms with Crippen molar-refractivity contribution in [1.82, 2.24) is 0 Å². The van der Waals surface area contributed by atoms with Crippen LogP contribution in [0.2, 0.25) is 19.6 Å². The SMILES string of the molecule is C[Si](C)(C)/C(Br)=C/CCOC1CCCCO1. The lowest BCUT2D eigenvalue weighted by atomic mass is 10.2. The van der Waals surface area contributed by atoms with E-state index in [0.29, 0.717) is 0 Å². The third-order valence-electron chi connectivity index (χ3n) is 2.60. The van der Waals surface area contributed by atoms with E-state index in [2.05, 4.69) is 41.6 Å². The quantitative estimate of drug-likeness (QED) is 0.563. The van der Waals surface area contributed by atoms with Crippen molar-refractivity contribution in [3.63, 3.8) is 0 Å². The zero-order valence-corrected chi connectivity index (χ0v) is 13.2. The molecule has 0 spiro atoms. The molecule has 0 amide bonds. The molecule has 0 N–H and O–H groups in total. The summed E-state index contributed by atoms with van der Waals surface area (Å²) in [7, 11) is -1.16. The van der Waals surface area contributed by atoms with Crippen LogP contribution in [0.4, 0.5) is 0 Å². The molecule has 0 saturated carbocycles. The molecule has 4 heteroatoms. The number of hydrogen-bond acceptors (Lipinski definition) is 2. The molecule has 16 heavy (non-hydrogen) atoms. The average Bonchev–Trinajstić information content (AvgIpc) is 2.24. The number of ether oxygens (including phenoxy) is 2. The van der Waals surface area contributed by atoms with Crippen molar-refractivity contribution in [2.75, 3.05) is 13.2 Å². The molecule has 0 aromatic rings. The summed E-state index contributed by atoms with van der Waals surface area (Å²) in [6, 6.07) is 0. The summed E-state index contributed by atoms with van der Waals surface area (Å²) in [5.74, 6) is 0. The lowest BCUT2D eigenvalue weighted by Gasteiger charge is -2.22. The van der Waals surface area contributed by atoms with Crippen LogP contribution < -0.4 is 0 Å². The van der Waals surface area contributed by atoms with E-state index in [1.165, 1.54) is 16.9 Å². The Kier molecular flexibility index (Phi) is 6.25. The fraction of sp³-hybridized carbons (Fsp3) is 0.833. The Labute approximate surface area is 109 Å². The Morgan fingerprint density at radius 1 is 1.44 bits per heavy atom. The first-order valence-electron chi connectivity index (χ1n) is 6.09. The normalized spacial score (nSPS) is 23.5. The Bertz CT molecular complexity index is 230. The first-order valence-corrected chi connectivity index (χ1v) is 10.4. The molecule has 1 fully saturated rings. The van der Waals surface area contributed by atoms with Crippen LogP contribution in [0.3, 0.4) is 0 Å². The molecule has 1 rings (SSSR count). The predicted octanol–water partition coefficient (Wildman–Crippen LogP) is 4.08. The second-order valence-corrected chi connectivity index (χ2v) is 11.9. The van der Waals surface area contributed by atoms with Crippen LogP contribution in [0, 0.1) is 0 Å². The molecule has 0 bridgehead atoms. The molecule has 0 aliphatic carbocycles. The lowest BCUT2D eigenvalue weighted by Crippen LogP contribution is -2.23. The molecule has 0 aromatic carbocycles. The van der Waals surface area contributed by atoms with Gasteiger partial charge in [0.15, 0.2) is 6.29 Å². The smallest absolute Gasteiger partial charge is 0.157 e. The van der Waals surface area contributed by atoms with E-state index in [1.54, 1.807) is 0 Å². The maximum Gasteiger partial charge on any atom is 0.157 e. The predicted molar refractivity (Wildman–Crippen MR) is 74.5 cm³/mol. The lowest BCUT2D eigenvalue weighted by molar-refractivity contribution is -0.161. The van der Waals surface area contributed by atoms with Crippen molar-refractivity contribution in [3.8, 4) is 0 Å². The maximum absolute atomic E-state index is 5.67. The van der Waals surface area contributed by atoms with E-state index in [9.17, 15) is 0 Å². The zero-order valence-electron chi connectivity index (χ0n) is 10.6. The van der Waals surface area contributed by atoms with Crippen molar-refractivity contribution in [1.29, 1.82) is 0 Å². The van der Waals surface area contributed by atoms with E-state index in [-0.39, 0.29) is 6.29 Å². The van der Waals surface area contributed by atoms with Gasteiger partial charge in [-0.2, -0.15) is 0 Å². The molecule has 0 radical (unpaired) electrons. The Hall–Kier alpha value is 0.357. The highest BCUT2D eigenvalue weighted by molar-refractivity contribution is 9.12. The minimum atomic E-state index is -1.16. The zero-order chi connectivity index (χ0) is 12.0. The van der Waals surface area contributed by atoms with Gasteiger partial charge in [-0.1, -0.05) is 41.6 Å². The largest absolute Gasteiger partial charge is 0.353 e. The highest BCUT2D eigenvalue weighted by Crippen LogP contribution is 2.21. The Balaban J connectivity index is 2.15. The molecule has 1 unspecified atom stereocenters. The average molecular weight is 307 g/mol. The second-order valence-electron chi connectivity index (χ2n) is 5.26. The monoisotopic (exact) mass is 306 g/mol. The summed E-state index contributed by atoms with van der Waals surface area (Å²) in [5, 5.41) is 0. The van der Waals surface area contributed by atoms with E-state index >= 15 is 0 Å². The summed E-state index contributed by atoms with van der Waals surface area (Å²) >= 11 is 3.66. The molecular weight excluding hydrogens is 284 g/mol. The van der Waals surface area contributed by atoms with Crippen LogP contribution in [-0.2, 0) is 9.47 Å². The molecule has 2 nitrogen and oxygen atoms in total. The van der Waals surface area contributed by atoms with Gasteiger partial charge in [-0.15, -0.1) is 0 Å². The molecule has 1 atom stereocenters. The van der Waals surface area contributed by atoms with Crippen LogP contribution in [0.15, 0.2) is 10.2 Å². The van der Waals surface area contributed by atoms with E-state index in [4.69, 9.17) is 9.47 Å². The third kappa shape index (κ3) is 5.62. The molecule has 1 aliphatic rings. The molecule has 0 aromatic heterocycles. The number of halogens is 1. The van der Waals surface area contributed by atoms with Crippen LogP contribution in [0.5, 0.6) is 0 Å². The minimum absolute atomic E-state index is 0.0489. The first-order chi connectivity index (χ1) is 7.50. The van der Waals surface area contributed by atoms with Gasteiger partial charge in [-0.05, 0) is 29.8 Å². The highest BCUT2D eigenvalue weighted by atomic mass is 79.9. The molecule has 94 valence electrons. The molecule has 1 heterocycles. The van der Waals surface area contributed by atoms with Gasteiger partial charge in [0.2, 0.25) is 0 Å². The van der Waals surface area contributed by atoms with Crippen LogP contribution in [0.25, 0.3) is 0 Å². The van der Waals surface area contributed by atoms with Gasteiger partial charge in [0, 0.05) is 6.61 Å².